The maximum atomic E-state index is 13.0. The van der Waals surface area contributed by atoms with Crippen LogP contribution >= 0.6 is 0 Å². The van der Waals surface area contributed by atoms with E-state index in [1.165, 1.54) is 17.0 Å². The highest BCUT2D eigenvalue weighted by molar-refractivity contribution is 7.89. The number of halogens is 1. The number of hydrogen-bond donors (Lipinski definition) is 2. The van der Waals surface area contributed by atoms with Gasteiger partial charge in [-0.15, -0.1) is 0 Å². The van der Waals surface area contributed by atoms with Gasteiger partial charge in [0.1, 0.15) is 11.9 Å². The van der Waals surface area contributed by atoms with Crippen LogP contribution in [0.4, 0.5) is 14.9 Å². The first-order valence-corrected chi connectivity index (χ1v) is 9.57. The number of nitrogens with zero attached hydrogens (tertiary/aromatic N) is 2. The van der Waals surface area contributed by atoms with Crippen molar-refractivity contribution in [2.45, 2.75) is 12.5 Å². The van der Waals surface area contributed by atoms with Crippen molar-refractivity contribution in [3.8, 4) is 0 Å². The van der Waals surface area contributed by atoms with Crippen LogP contribution in [-0.2, 0) is 19.6 Å². The normalized spacial score (nSPS) is 22.9. The maximum absolute atomic E-state index is 13.0. The molecule has 2 heterocycles. The van der Waals surface area contributed by atoms with Gasteiger partial charge in [-0.1, -0.05) is 0 Å². The van der Waals surface area contributed by atoms with E-state index in [0.717, 1.165) is 17.0 Å². The van der Waals surface area contributed by atoms with Gasteiger partial charge in [-0.2, -0.15) is 0 Å². The summed E-state index contributed by atoms with van der Waals surface area (Å²) in [7, 11) is -3.40. The molecule has 1 unspecified atom stereocenters. The molecule has 0 radical (unpaired) electrons. The van der Waals surface area contributed by atoms with Gasteiger partial charge >= 0.3 is 6.03 Å². The molecule has 0 spiro atoms. The second-order valence-electron chi connectivity index (χ2n) is 5.95. The zero-order chi connectivity index (χ0) is 18.9. The zero-order valence-corrected chi connectivity index (χ0v) is 14.5. The van der Waals surface area contributed by atoms with Crippen LogP contribution in [0.3, 0.4) is 0 Å². The molecule has 2 aliphatic heterocycles. The maximum Gasteiger partial charge on any atom is 0.329 e. The van der Waals surface area contributed by atoms with E-state index in [-0.39, 0.29) is 37.5 Å². The molecule has 140 valence electrons. The Labute approximate surface area is 149 Å². The summed E-state index contributed by atoms with van der Waals surface area (Å²) >= 11 is 0. The lowest BCUT2D eigenvalue weighted by Gasteiger charge is -2.20. The minimum Gasteiger partial charge on any atom is -0.340 e. The minimum atomic E-state index is -3.40. The van der Waals surface area contributed by atoms with Crippen molar-refractivity contribution in [3.63, 3.8) is 0 Å². The summed E-state index contributed by atoms with van der Waals surface area (Å²) in [6.45, 7) is 0.306. The van der Waals surface area contributed by atoms with Crippen molar-refractivity contribution >= 4 is 33.6 Å². The molecule has 26 heavy (non-hydrogen) atoms. The summed E-state index contributed by atoms with van der Waals surface area (Å²) in [5, 5.41) is 2.43. The number of rotatable bonds is 3. The second kappa shape index (κ2) is 7.00. The monoisotopic (exact) mass is 384 g/mol. The topological polar surface area (TPSA) is 116 Å². The number of amides is 4. The average Bonchev–Trinajstić information content (AvgIpc) is 2.74. The first kappa shape index (κ1) is 18.3. The van der Waals surface area contributed by atoms with Crippen molar-refractivity contribution < 1.29 is 27.2 Å². The van der Waals surface area contributed by atoms with Gasteiger partial charge in [0.05, 0.1) is 17.9 Å². The van der Waals surface area contributed by atoms with Crippen molar-refractivity contribution in [1.29, 1.82) is 0 Å². The molecule has 9 nitrogen and oxygen atoms in total. The van der Waals surface area contributed by atoms with E-state index in [1.807, 2.05) is 0 Å². The molecule has 0 bridgehead atoms. The molecule has 1 aromatic carbocycles. The molecule has 2 saturated heterocycles. The van der Waals surface area contributed by atoms with Crippen molar-refractivity contribution in [2.75, 3.05) is 30.3 Å². The Hall–Kier alpha value is -2.53. The molecule has 2 aliphatic rings. The summed E-state index contributed by atoms with van der Waals surface area (Å²) < 4.78 is 38.4. The van der Waals surface area contributed by atoms with Crippen LogP contribution in [0.15, 0.2) is 24.3 Å². The van der Waals surface area contributed by atoms with Crippen LogP contribution in [0, 0.1) is 5.82 Å². The van der Waals surface area contributed by atoms with Gasteiger partial charge in [0.15, 0.2) is 0 Å². The number of carbonyl (C=O) groups excluding carboxylic acids is 3. The fourth-order valence-corrected chi connectivity index (χ4v) is 3.82. The van der Waals surface area contributed by atoms with Crippen molar-refractivity contribution in [3.05, 3.63) is 30.1 Å². The highest BCUT2D eigenvalue weighted by Crippen LogP contribution is 2.21. The number of benzene rings is 1. The fourth-order valence-electron chi connectivity index (χ4n) is 2.81. The Morgan fingerprint density at radius 1 is 1.19 bits per heavy atom. The first-order valence-electron chi connectivity index (χ1n) is 7.92. The zero-order valence-electron chi connectivity index (χ0n) is 13.6. The third-order valence-corrected chi connectivity index (χ3v) is 5.53. The highest BCUT2D eigenvalue weighted by Gasteiger charge is 2.40. The van der Waals surface area contributed by atoms with E-state index < -0.39 is 39.7 Å². The lowest BCUT2D eigenvalue weighted by Crippen LogP contribution is -2.40. The molecular weight excluding hydrogens is 367 g/mol. The molecule has 2 fully saturated rings. The van der Waals surface area contributed by atoms with E-state index in [2.05, 4.69) is 10.0 Å². The summed E-state index contributed by atoms with van der Waals surface area (Å²) in [6, 6.07) is 3.09. The Morgan fingerprint density at radius 3 is 2.58 bits per heavy atom. The molecular formula is C15H17FN4O5S. The van der Waals surface area contributed by atoms with Crippen LogP contribution in [0.2, 0.25) is 0 Å². The molecule has 1 atom stereocenters. The van der Waals surface area contributed by atoms with Crippen molar-refractivity contribution in [2.24, 2.45) is 0 Å². The van der Waals surface area contributed by atoms with Gasteiger partial charge in [0.25, 0.3) is 5.91 Å². The van der Waals surface area contributed by atoms with E-state index >= 15 is 0 Å². The minimum absolute atomic E-state index is 0.0186. The van der Waals surface area contributed by atoms with E-state index in [0.29, 0.717) is 0 Å². The summed E-state index contributed by atoms with van der Waals surface area (Å²) in [4.78, 5) is 39.1. The average molecular weight is 384 g/mol. The Kier molecular flexibility index (Phi) is 4.92. The molecule has 11 heteroatoms. The van der Waals surface area contributed by atoms with Gasteiger partial charge in [0.2, 0.25) is 15.9 Å². The van der Waals surface area contributed by atoms with Crippen LogP contribution in [0.1, 0.15) is 6.42 Å². The number of anilines is 1. The van der Waals surface area contributed by atoms with Crippen LogP contribution in [0.5, 0.6) is 0 Å². The molecule has 4 amide bonds. The van der Waals surface area contributed by atoms with Gasteiger partial charge in [0, 0.05) is 19.6 Å². The smallest absolute Gasteiger partial charge is 0.329 e. The SMILES string of the molecule is O=C(CC1NC(=O)N(c2ccc(F)cc2)C1=O)N1CCNS(=O)(=O)CC1. The van der Waals surface area contributed by atoms with Crippen LogP contribution < -0.4 is 14.9 Å². The number of urea groups is 1. The fraction of sp³-hybridized carbons (Fsp3) is 0.400. The largest absolute Gasteiger partial charge is 0.340 e. The van der Waals surface area contributed by atoms with E-state index in [1.54, 1.807) is 0 Å². The van der Waals surface area contributed by atoms with Crippen LogP contribution in [-0.4, -0.2) is 62.6 Å². The standard InChI is InChI=1S/C15H17FN4O5S/c16-10-1-3-11(4-2-10)20-14(22)12(18-15(20)23)9-13(21)19-6-5-17-26(24,25)8-7-19/h1-4,12,17H,5-9H2,(H,18,23). The molecule has 3 rings (SSSR count). The predicted octanol–water partition coefficient (Wildman–Crippen LogP) is -0.598. The van der Waals surface area contributed by atoms with E-state index in [9.17, 15) is 27.2 Å². The number of imide groups is 1. The van der Waals surface area contributed by atoms with Gasteiger partial charge in [-0.25, -0.2) is 27.2 Å². The quantitative estimate of drug-likeness (QED) is 0.676. The summed E-state index contributed by atoms with van der Waals surface area (Å²) in [5.74, 6) is -1.76. The highest BCUT2D eigenvalue weighted by atomic mass is 32.2. The number of carbonyl (C=O) groups is 3. The van der Waals surface area contributed by atoms with E-state index in [4.69, 9.17) is 0 Å². The lowest BCUT2D eigenvalue weighted by atomic mass is 10.1. The predicted molar refractivity (Wildman–Crippen MR) is 89.2 cm³/mol. The molecule has 1 aromatic rings. The number of nitrogens with one attached hydrogen (secondary N) is 2. The third kappa shape index (κ3) is 3.83. The third-order valence-electron chi connectivity index (χ3n) is 4.17. The summed E-state index contributed by atoms with van der Waals surface area (Å²) in [6.07, 6.45) is -0.275. The van der Waals surface area contributed by atoms with Crippen molar-refractivity contribution in [1.82, 2.24) is 14.9 Å². The Bertz CT molecular complexity index is 842. The Morgan fingerprint density at radius 2 is 1.88 bits per heavy atom. The second-order valence-corrected chi connectivity index (χ2v) is 7.88. The molecule has 0 aliphatic carbocycles. The molecule has 0 saturated carbocycles. The van der Waals surface area contributed by atoms with Crippen LogP contribution in [0.25, 0.3) is 0 Å². The molecule has 2 N–H and O–H groups in total. The number of hydrogen-bond acceptors (Lipinski definition) is 5. The molecule has 0 aromatic heterocycles. The lowest BCUT2D eigenvalue weighted by molar-refractivity contribution is -0.133. The van der Waals surface area contributed by atoms with Gasteiger partial charge in [-0.3, -0.25) is 9.59 Å². The van der Waals surface area contributed by atoms with Gasteiger partial charge in [-0.05, 0) is 24.3 Å². The number of sulfonamides is 1. The Balaban J connectivity index is 1.67. The van der Waals surface area contributed by atoms with Gasteiger partial charge < -0.3 is 10.2 Å². The summed E-state index contributed by atoms with van der Waals surface area (Å²) in [5.41, 5.74) is 0.203. The first-order chi connectivity index (χ1) is 12.3.